The monoisotopic (exact) mass is 453 g/mol. The maximum absolute atomic E-state index is 14.0. The van der Waals surface area contributed by atoms with Crippen molar-refractivity contribution in [3.8, 4) is 17.0 Å². The van der Waals surface area contributed by atoms with Crippen molar-refractivity contribution >= 4 is 16.9 Å². The Morgan fingerprint density at radius 1 is 1.09 bits per heavy atom. The molecule has 170 valence electrons. The summed E-state index contributed by atoms with van der Waals surface area (Å²) in [7, 11) is 1.62. The maximum atomic E-state index is 14.0. The van der Waals surface area contributed by atoms with Gasteiger partial charge in [0.05, 0.1) is 11.6 Å². The third-order valence-electron chi connectivity index (χ3n) is 5.32. The average molecular weight is 453 g/mol. The second-order valence-corrected chi connectivity index (χ2v) is 7.71. The van der Waals surface area contributed by atoms with Crippen molar-refractivity contribution in [2.24, 2.45) is 7.05 Å². The van der Waals surface area contributed by atoms with Crippen molar-refractivity contribution < 1.29 is 22.7 Å². The number of hydrogen-bond donors (Lipinski definition) is 1. The molecule has 1 atom stereocenters. The molecule has 8 heteroatoms. The van der Waals surface area contributed by atoms with Gasteiger partial charge in [0.2, 0.25) is 5.88 Å². The molecule has 0 aliphatic heterocycles. The van der Waals surface area contributed by atoms with Crippen molar-refractivity contribution in [2.75, 3.05) is 6.61 Å². The lowest BCUT2D eigenvalue weighted by molar-refractivity contribution is -0.136. The topological polar surface area (TPSA) is 56.1 Å². The molecule has 5 nitrogen and oxygen atoms in total. The van der Waals surface area contributed by atoms with Crippen LogP contribution >= 0.6 is 0 Å². The van der Waals surface area contributed by atoms with E-state index in [1.54, 1.807) is 43.6 Å². The highest BCUT2D eigenvalue weighted by molar-refractivity contribution is 5.97. The van der Waals surface area contributed by atoms with Crippen LogP contribution in [0.5, 0.6) is 5.88 Å². The summed E-state index contributed by atoms with van der Waals surface area (Å²) in [6.07, 6.45) is -3.02. The van der Waals surface area contributed by atoms with E-state index in [-0.39, 0.29) is 23.0 Å². The zero-order chi connectivity index (χ0) is 23.6. The minimum atomic E-state index is -4.63. The summed E-state index contributed by atoms with van der Waals surface area (Å²) in [5.41, 5.74) is 1.24. The Kier molecular flexibility index (Phi) is 6.09. The van der Waals surface area contributed by atoms with Gasteiger partial charge in [0.15, 0.2) is 6.61 Å². The summed E-state index contributed by atoms with van der Waals surface area (Å²) in [6.45, 7) is 1.36. The van der Waals surface area contributed by atoms with E-state index in [4.69, 9.17) is 4.74 Å². The van der Waals surface area contributed by atoms with Gasteiger partial charge in [-0.3, -0.25) is 4.79 Å². The second kappa shape index (κ2) is 8.97. The molecule has 2 aromatic carbocycles. The summed E-state index contributed by atoms with van der Waals surface area (Å²) in [6, 6.07) is 18.7. The third-order valence-corrected chi connectivity index (χ3v) is 5.32. The van der Waals surface area contributed by atoms with Crippen LogP contribution in [0.1, 0.15) is 24.1 Å². The molecule has 4 aromatic rings. The van der Waals surface area contributed by atoms with E-state index in [0.717, 1.165) is 11.6 Å². The number of benzene rings is 2. The molecular formula is C25H22F3N3O2. The van der Waals surface area contributed by atoms with E-state index in [1.807, 2.05) is 37.3 Å². The number of nitrogens with zero attached hydrogens (tertiary/aromatic N) is 2. The van der Waals surface area contributed by atoms with Gasteiger partial charge in [-0.25, -0.2) is 0 Å². The first-order valence-electron chi connectivity index (χ1n) is 10.3. The van der Waals surface area contributed by atoms with Crippen molar-refractivity contribution in [1.29, 1.82) is 0 Å². The molecule has 0 saturated heterocycles. The van der Waals surface area contributed by atoms with Crippen LogP contribution in [-0.2, 0) is 18.0 Å². The molecule has 0 spiro atoms. The number of carbonyl (C=O) groups is 1. The molecule has 2 heterocycles. The fraction of sp³-hybridized carbons (Fsp3) is 0.200. The fourth-order valence-corrected chi connectivity index (χ4v) is 3.73. The smallest absolute Gasteiger partial charge is 0.417 e. The Labute approximate surface area is 188 Å². The zero-order valence-corrected chi connectivity index (χ0v) is 18.1. The normalized spacial score (nSPS) is 12.5. The van der Waals surface area contributed by atoms with Gasteiger partial charge in [-0.2, -0.15) is 18.2 Å². The van der Waals surface area contributed by atoms with Crippen molar-refractivity contribution in [3.05, 3.63) is 84.1 Å². The van der Waals surface area contributed by atoms with E-state index in [9.17, 15) is 18.0 Å². The van der Waals surface area contributed by atoms with Gasteiger partial charge in [0.1, 0.15) is 5.65 Å². The predicted octanol–water partition coefficient (Wildman–Crippen LogP) is 5.52. The van der Waals surface area contributed by atoms with Crippen molar-refractivity contribution in [2.45, 2.75) is 19.1 Å². The largest absolute Gasteiger partial charge is 0.467 e. The first-order valence-corrected chi connectivity index (χ1v) is 10.3. The zero-order valence-electron chi connectivity index (χ0n) is 18.1. The Morgan fingerprint density at radius 3 is 2.36 bits per heavy atom. The minimum Gasteiger partial charge on any atom is -0.467 e. The third kappa shape index (κ3) is 4.84. The molecule has 0 aliphatic rings. The van der Waals surface area contributed by atoms with Crippen molar-refractivity contribution in [3.63, 3.8) is 0 Å². The van der Waals surface area contributed by atoms with E-state index < -0.39 is 24.3 Å². The molecule has 0 radical (unpaired) electrons. The number of amides is 1. The highest BCUT2D eigenvalue weighted by Gasteiger charge is 2.36. The van der Waals surface area contributed by atoms with Crippen LogP contribution in [-0.4, -0.2) is 22.1 Å². The molecule has 4 rings (SSSR count). The number of rotatable bonds is 6. The van der Waals surface area contributed by atoms with Gasteiger partial charge in [0.25, 0.3) is 5.91 Å². The van der Waals surface area contributed by atoms with Gasteiger partial charge in [-0.15, -0.1) is 0 Å². The Morgan fingerprint density at radius 2 is 1.73 bits per heavy atom. The predicted molar refractivity (Wildman–Crippen MR) is 120 cm³/mol. The summed E-state index contributed by atoms with van der Waals surface area (Å²) in [5.74, 6) is -0.725. The van der Waals surface area contributed by atoms with Gasteiger partial charge in [-0.05, 0) is 18.1 Å². The number of nitrogens with one attached hydrogen (secondary N) is 1. The second-order valence-electron chi connectivity index (χ2n) is 7.71. The lowest BCUT2D eigenvalue weighted by Gasteiger charge is -2.15. The number of ether oxygens (including phenoxy) is 1. The lowest BCUT2D eigenvalue weighted by Crippen LogP contribution is -2.31. The number of pyridine rings is 1. The molecule has 0 saturated carbocycles. The number of halogens is 3. The molecule has 0 unspecified atom stereocenters. The van der Waals surface area contributed by atoms with Crippen LogP contribution in [0.2, 0.25) is 0 Å². The SMILES string of the molecule is C[C@H](NC(=O)COc1cc(C(F)(F)F)c2c(-c3ccccc3)cn(C)c2n1)c1ccccc1. The van der Waals surface area contributed by atoms with E-state index in [2.05, 4.69) is 10.3 Å². The van der Waals surface area contributed by atoms with Crippen LogP contribution in [0, 0.1) is 0 Å². The van der Waals surface area contributed by atoms with E-state index in [1.165, 1.54) is 4.57 Å². The lowest BCUT2D eigenvalue weighted by atomic mass is 10.0. The number of aromatic nitrogens is 2. The Balaban J connectivity index is 1.61. The molecule has 1 N–H and O–H groups in total. The number of hydrogen-bond acceptors (Lipinski definition) is 3. The van der Waals surface area contributed by atoms with Gasteiger partial charge >= 0.3 is 6.18 Å². The van der Waals surface area contributed by atoms with E-state index >= 15 is 0 Å². The fourth-order valence-electron chi connectivity index (χ4n) is 3.73. The van der Waals surface area contributed by atoms with Gasteiger partial charge in [0, 0.05) is 30.3 Å². The number of alkyl halides is 3. The molecular weight excluding hydrogens is 431 g/mol. The minimum absolute atomic E-state index is 0.00861. The summed E-state index contributed by atoms with van der Waals surface area (Å²) in [4.78, 5) is 16.6. The van der Waals surface area contributed by atoms with Crippen molar-refractivity contribution in [1.82, 2.24) is 14.9 Å². The van der Waals surface area contributed by atoms with E-state index in [0.29, 0.717) is 11.1 Å². The first kappa shape index (κ1) is 22.4. The van der Waals surface area contributed by atoms with Gasteiger partial charge < -0.3 is 14.6 Å². The Bertz CT molecular complexity index is 1270. The highest BCUT2D eigenvalue weighted by atomic mass is 19.4. The van der Waals surface area contributed by atoms with Gasteiger partial charge in [-0.1, -0.05) is 60.7 Å². The Hall–Kier alpha value is -3.81. The molecule has 1 amide bonds. The van der Waals surface area contributed by atoms with Crippen LogP contribution in [0.4, 0.5) is 13.2 Å². The molecule has 0 aliphatic carbocycles. The quantitative estimate of drug-likeness (QED) is 0.419. The summed E-state index contributed by atoms with van der Waals surface area (Å²) < 4.78 is 48.9. The van der Waals surface area contributed by atoms with Crippen LogP contribution in [0.15, 0.2) is 72.9 Å². The number of aryl methyl sites for hydroxylation is 1. The molecule has 33 heavy (non-hydrogen) atoms. The summed E-state index contributed by atoms with van der Waals surface area (Å²) in [5, 5.41) is 2.76. The average Bonchev–Trinajstić information content (AvgIpc) is 3.14. The maximum Gasteiger partial charge on any atom is 0.417 e. The number of fused-ring (bicyclic) bond motifs is 1. The first-order chi connectivity index (χ1) is 15.7. The standard InChI is InChI=1S/C25H22F3N3O2/c1-16(17-9-5-3-6-10-17)29-21(32)15-33-22-13-20(25(26,27)28)23-19(14-31(2)24(23)30-22)18-11-7-4-8-12-18/h3-14,16H,15H2,1-2H3,(H,29,32)/t16-/m0/s1. The number of carbonyl (C=O) groups excluding carboxylic acids is 1. The molecule has 0 bridgehead atoms. The van der Waals surface area contributed by atoms with Crippen LogP contribution in [0.3, 0.4) is 0 Å². The van der Waals surface area contributed by atoms with Crippen LogP contribution in [0.25, 0.3) is 22.2 Å². The molecule has 0 fully saturated rings. The van der Waals surface area contributed by atoms with Crippen LogP contribution < -0.4 is 10.1 Å². The highest BCUT2D eigenvalue weighted by Crippen LogP contribution is 2.41. The molecule has 2 aromatic heterocycles. The summed E-state index contributed by atoms with van der Waals surface area (Å²) >= 11 is 0.